The van der Waals surface area contributed by atoms with Gasteiger partial charge in [-0.3, -0.25) is 0 Å². The van der Waals surface area contributed by atoms with Crippen molar-refractivity contribution in [3.8, 4) is 5.75 Å². The Morgan fingerprint density at radius 1 is 1.42 bits per heavy atom. The highest BCUT2D eigenvalue weighted by Gasteiger charge is 2.31. The van der Waals surface area contributed by atoms with Crippen LogP contribution in [-0.4, -0.2) is 30.7 Å². The summed E-state index contributed by atoms with van der Waals surface area (Å²) in [5, 5.41) is 12.7. The van der Waals surface area contributed by atoms with E-state index in [1.54, 1.807) is 45.2 Å². The molecule has 1 heterocycles. The van der Waals surface area contributed by atoms with Crippen molar-refractivity contribution in [1.29, 1.82) is 0 Å². The molecule has 1 aliphatic heterocycles. The number of nitro groups is 1. The average molecular weight is 334 g/mol. The fourth-order valence-corrected chi connectivity index (χ4v) is 2.32. The van der Waals surface area contributed by atoms with Crippen molar-refractivity contribution in [2.75, 3.05) is 13.7 Å². The molecule has 0 unspecified atom stereocenters. The zero-order valence-electron chi connectivity index (χ0n) is 13.5. The lowest BCUT2D eigenvalue weighted by Gasteiger charge is -2.24. The van der Waals surface area contributed by atoms with Gasteiger partial charge in [-0.2, -0.15) is 0 Å². The van der Waals surface area contributed by atoms with Crippen molar-refractivity contribution in [1.82, 2.24) is 10.7 Å². The Morgan fingerprint density at radius 2 is 2.08 bits per heavy atom. The number of methoxy groups -OCH3 is 1. The van der Waals surface area contributed by atoms with Gasteiger partial charge < -0.3 is 14.8 Å². The van der Waals surface area contributed by atoms with E-state index < -0.39 is 17.0 Å². The molecule has 9 heteroatoms. The summed E-state index contributed by atoms with van der Waals surface area (Å²) >= 11 is 0. The molecular weight excluding hydrogens is 316 g/mol. The maximum atomic E-state index is 12.3. The number of rotatable bonds is 5. The highest BCUT2D eigenvalue weighted by atomic mass is 16.7. The first-order valence-corrected chi connectivity index (χ1v) is 7.24. The summed E-state index contributed by atoms with van der Waals surface area (Å²) in [5.41, 5.74) is 3.40. The molecule has 0 bridgehead atoms. The molecule has 0 spiro atoms. The highest BCUT2D eigenvalue weighted by Crippen LogP contribution is 2.32. The topological polar surface area (TPSA) is 115 Å². The van der Waals surface area contributed by atoms with E-state index >= 15 is 0 Å². The minimum absolute atomic E-state index is 0.0497. The number of nitrogens with zero attached hydrogens (tertiary/aromatic N) is 2. The highest BCUT2D eigenvalue weighted by molar-refractivity contribution is 5.95. The Kier molecular flexibility index (Phi) is 5.35. The third-order valence-corrected chi connectivity index (χ3v) is 3.37. The summed E-state index contributed by atoms with van der Waals surface area (Å²) in [5.74, 6) is 0.0808. The maximum Gasteiger partial charge on any atom is 0.338 e. The van der Waals surface area contributed by atoms with Crippen LogP contribution in [0.25, 0.3) is 0 Å². The molecule has 2 N–H and O–H groups in total. The fourth-order valence-electron chi connectivity index (χ4n) is 2.32. The van der Waals surface area contributed by atoms with E-state index in [-0.39, 0.29) is 12.6 Å². The monoisotopic (exact) mass is 334 g/mol. The molecule has 0 radical (unpaired) electrons. The molecule has 0 saturated heterocycles. The molecule has 128 valence electrons. The smallest absolute Gasteiger partial charge is 0.338 e. The number of carbonyl (C=O) groups is 1. The lowest BCUT2D eigenvalue weighted by Crippen LogP contribution is -2.43. The minimum atomic E-state index is -0.723. The van der Waals surface area contributed by atoms with Crippen molar-refractivity contribution in [2.24, 2.45) is 4.99 Å². The molecule has 9 nitrogen and oxygen atoms in total. The lowest BCUT2D eigenvalue weighted by atomic mass is 9.96. The second-order valence-electron chi connectivity index (χ2n) is 4.91. The number of guanidine groups is 1. The van der Waals surface area contributed by atoms with Gasteiger partial charge in [0, 0.05) is 5.70 Å². The van der Waals surface area contributed by atoms with Crippen molar-refractivity contribution < 1.29 is 19.3 Å². The zero-order valence-corrected chi connectivity index (χ0v) is 13.5. The Morgan fingerprint density at radius 3 is 2.62 bits per heavy atom. The second kappa shape index (κ2) is 7.44. The summed E-state index contributed by atoms with van der Waals surface area (Å²) in [6.45, 7) is 3.56. The Bertz CT molecular complexity index is 696. The largest absolute Gasteiger partial charge is 0.497 e. The number of hydrogen-bond donors (Lipinski definition) is 2. The van der Waals surface area contributed by atoms with Crippen molar-refractivity contribution in [3.63, 3.8) is 0 Å². The van der Waals surface area contributed by atoms with Gasteiger partial charge in [0.25, 0.3) is 5.96 Å². The summed E-state index contributed by atoms with van der Waals surface area (Å²) < 4.78 is 10.2. The summed E-state index contributed by atoms with van der Waals surface area (Å²) in [6.07, 6.45) is 0. The molecule has 1 aromatic carbocycles. The number of esters is 1. The van der Waals surface area contributed by atoms with Gasteiger partial charge in [0.2, 0.25) is 0 Å². The van der Waals surface area contributed by atoms with Crippen molar-refractivity contribution in [3.05, 3.63) is 51.2 Å². The number of carbonyl (C=O) groups excluding carboxylic acids is 1. The molecule has 1 aliphatic rings. The molecule has 2 rings (SSSR count). The van der Waals surface area contributed by atoms with Crippen LogP contribution in [0, 0.1) is 10.1 Å². The predicted molar refractivity (Wildman–Crippen MR) is 85.8 cm³/mol. The molecule has 1 atom stereocenters. The van der Waals surface area contributed by atoms with Crippen LogP contribution in [0.5, 0.6) is 5.75 Å². The third kappa shape index (κ3) is 3.80. The van der Waals surface area contributed by atoms with E-state index in [1.807, 2.05) is 5.43 Å². The Hall–Kier alpha value is -3.10. The standard InChI is InChI=1S/C15H18N4O5/c1-4-24-14(20)12-9(2)16-15(18-19(21)22)17-13(12)10-5-7-11(23-3)8-6-10/h5-8,13H,4H2,1-3H3,(H2,16,17,18)/t13-/m1/s1. The van der Waals surface area contributed by atoms with Crippen LogP contribution in [-0.2, 0) is 9.53 Å². The minimum Gasteiger partial charge on any atom is -0.497 e. The number of nitrogens with one attached hydrogen (secondary N) is 2. The first kappa shape index (κ1) is 17.3. The first-order chi connectivity index (χ1) is 11.5. The van der Waals surface area contributed by atoms with Crippen molar-refractivity contribution >= 4 is 11.9 Å². The van der Waals surface area contributed by atoms with Crippen LogP contribution in [0.15, 0.2) is 40.5 Å². The normalized spacial score (nSPS) is 16.8. The zero-order chi connectivity index (χ0) is 17.7. The molecular formula is C15H18N4O5. The third-order valence-electron chi connectivity index (χ3n) is 3.37. The van der Waals surface area contributed by atoms with E-state index in [4.69, 9.17) is 9.47 Å². The fraction of sp³-hybridized carbons (Fsp3) is 0.333. The van der Waals surface area contributed by atoms with Crippen LogP contribution in [0.3, 0.4) is 0 Å². The van der Waals surface area contributed by atoms with E-state index in [9.17, 15) is 14.9 Å². The first-order valence-electron chi connectivity index (χ1n) is 7.24. The van der Waals surface area contributed by atoms with Crippen LogP contribution < -0.4 is 15.5 Å². The number of aliphatic imine (C=N–C) groups is 1. The van der Waals surface area contributed by atoms with Gasteiger partial charge >= 0.3 is 5.97 Å². The van der Waals surface area contributed by atoms with Crippen LogP contribution in [0.1, 0.15) is 25.5 Å². The molecule has 24 heavy (non-hydrogen) atoms. The van der Waals surface area contributed by atoms with Gasteiger partial charge in [0.15, 0.2) is 5.03 Å². The van der Waals surface area contributed by atoms with Gasteiger partial charge in [-0.25, -0.2) is 19.9 Å². The van der Waals surface area contributed by atoms with Crippen LogP contribution in [0.4, 0.5) is 0 Å². The molecule has 1 aromatic rings. The Balaban J connectivity index is 2.43. The molecule has 0 fully saturated rings. The summed E-state index contributed by atoms with van der Waals surface area (Å²) in [4.78, 5) is 27.2. The number of hydrogen-bond acceptors (Lipinski definition) is 7. The van der Waals surface area contributed by atoms with E-state index in [0.29, 0.717) is 22.6 Å². The lowest BCUT2D eigenvalue weighted by molar-refractivity contribution is -0.525. The summed E-state index contributed by atoms with van der Waals surface area (Å²) in [7, 11) is 1.55. The maximum absolute atomic E-state index is 12.3. The van der Waals surface area contributed by atoms with Gasteiger partial charge in [-0.05, 0) is 31.5 Å². The number of benzene rings is 1. The van der Waals surface area contributed by atoms with Crippen LogP contribution in [0.2, 0.25) is 0 Å². The van der Waals surface area contributed by atoms with E-state index in [2.05, 4.69) is 10.3 Å². The molecule has 0 saturated carbocycles. The molecule has 0 amide bonds. The van der Waals surface area contributed by atoms with Gasteiger partial charge in [0.05, 0.1) is 19.3 Å². The number of hydrazine groups is 1. The van der Waals surface area contributed by atoms with E-state index in [0.717, 1.165) is 0 Å². The number of allylic oxidation sites excluding steroid dienone is 1. The molecule has 0 aromatic heterocycles. The van der Waals surface area contributed by atoms with Crippen molar-refractivity contribution in [2.45, 2.75) is 19.9 Å². The van der Waals surface area contributed by atoms with Gasteiger partial charge in [-0.15, -0.1) is 0 Å². The SMILES string of the molecule is CCOC(=O)C1=C(C)NC(N[N+](=O)[O-])=N[C@@H]1c1ccc(OC)cc1. The number of ether oxygens (including phenoxy) is 2. The summed E-state index contributed by atoms with van der Waals surface area (Å²) in [6, 6.07) is 6.22. The van der Waals surface area contributed by atoms with Crippen LogP contribution >= 0.6 is 0 Å². The molecule has 0 aliphatic carbocycles. The van der Waals surface area contributed by atoms with Gasteiger partial charge in [-0.1, -0.05) is 17.6 Å². The average Bonchev–Trinajstić information content (AvgIpc) is 2.54. The van der Waals surface area contributed by atoms with Gasteiger partial charge in [0.1, 0.15) is 11.8 Å². The Labute approximate surface area is 138 Å². The predicted octanol–water partition coefficient (Wildman–Crippen LogP) is 1.31. The quantitative estimate of drug-likeness (QED) is 0.474. The van der Waals surface area contributed by atoms with E-state index in [1.165, 1.54) is 0 Å². The second-order valence-corrected chi connectivity index (χ2v) is 4.91.